The Morgan fingerprint density at radius 2 is 1.05 bits per heavy atom. The molecule has 0 bridgehead atoms. The van der Waals surface area contributed by atoms with Crippen LogP contribution >= 0.6 is 0 Å². The molecule has 0 saturated heterocycles. The lowest BCUT2D eigenvalue weighted by Gasteiger charge is -2.47. The molecule has 376 valence electrons. The lowest BCUT2D eigenvalue weighted by atomic mass is 9.85. The van der Waals surface area contributed by atoms with E-state index in [4.69, 9.17) is 8.83 Å². The summed E-state index contributed by atoms with van der Waals surface area (Å²) < 4.78 is 18.6. The molecular formula is C74H48N4O2. The van der Waals surface area contributed by atoms with Crippen LogP contribution in [0.3, 0.4) is 0 Å². The minimum atomic E-state index is -1.05. The number of anilines is 4. The van der Waals surface area contributed by atoms with Gasteiger partial charge < -0.3 is 27.8 Å². The zero-order valence-electron chi connectivity index (χ0n) is 43.5. The van der Waals surface area contributed by atoms with Crippen molar-refractivity contribution in [3.05, 3.63) is 271 Å². The van der Waals surface area contributed by atoms with Gasteiger partial charge in [-0.05, 0) is 115 Å². The molecule has 10 aromatic carbocycles. The van der Waals surface area contributed by atoms with Crippen molar-refractivity contribution in [2.24, 2.45) is 0 Å². The number of benzene rings is 10. The summed E-state index contributed by atoms with van der Waals surface area (Å²) in [6.45, 7) is 0. The molecule has 0 amide bonds. The van der Waals surface area contributed by atoms with Crippen LogP contribution in [0, 0.1) is 11.8 Å². The topological polar surface area (TPSA) is 42.6 Å². The second-order valence-corrected chi connectivity index (χ2v) is 21.2. The van der Waals surface area contributed by atoms with E-state index in [-0.39, 0.29) is 0 Å². The molecule has 4 aromatic heterocycles. The predicted octanol–water partition coefficient (Wildman–Crippen LogP) is 19.2. The number of hydrogen-bond acceptors (Lipinski definition) is 4. The molecule has 6 heteroatoms. The lowest BCUT2D eigenvalue weighted by molar-refractivity contribution is 0.558. The first kappa shape index (κ1) is 44.6. The summed E-state index contributed by atoms with van der Waals surface area (Å²) in [5.74, 6) is 7.73. The summed E-state index contributed by atoms with van der Waals surface area (Å²) >= 11 is 0. The number of furan rings is 2. The summed E-state index contributed by atoms with van der Waals surface area (Å²) in [5, 5.41) is 7.99. The molecule has 80 heavy (non-hydrogen) atoms. The monoisotopic (exact) mass is 1020 g/mol. The normalized spacial score (nSPS) is 15.8. The smallest absolute Gasteiger partial charge is 0.174 e. The Hall–Kier alpha value is -10.5. The summed E-state index contributed by atoms with van der Waals surface area (Å²) in [4.78, 5) is 5.23. The van der Waals surface area contributed by atoms with E-state index < -0.39 is 5.66 Å². The van der Waals surface area contributed by atoms with E-state index in [0.29, 0.717) is 6.42 Å². The van der Waals surface area contributed by atoms with Crippen molar-refractivity contribution < 1.29 is 8.83 Å². The molecule has 0 saturated carbocycles. The molecule has 6 nitrogen and oxygen atoms in total. The molecule has 1 aliphatic heterocycles. The van der Waals surface area contributed by atoms with Gasteiger partial charge in [0.2, 0.25) is 0 Å². The SMILES string of the molecule is C1#CCC=C(C2(c3ccccc3)N(c3cccc4oc5c(c34)CCC=C5)c3ccc(-n4c5ccccc5c5ccc6c7ccccc7n(-c7cccc(-c8ccccc8)c7)c6c54)cc3N2c2cccc3oc4ccccc4c23)C=C1. The molecule has 0 fully saturated rings. The van der Waals surface area contributed by atoms with Crippen LogP contribution < -0.4 is 9.80 Å². The number of para-hydroxylation sites is 3. The third-order valence-corrected chi connectivity index (χ3v) is 17.0. The van der Waals surface area contributed by atoms with Gasteiger partial charge in [0.25, 0.3) is 0 Å². The van der Waals surface area contributed by atoms with Gasteiger partial charge in [0.15, 0.2) is 5.66 Å². The summed E-state index contributed by atoms with van der Waals surface area (Å²) in [6.07, 6.45) is 13.4. The van der Waals surface area contributed by atoms with E-state index in [1.165, 1.54) is 38.2 Å². The zero-order valence-corrected chi connectivity index (χ0v) is 43.5. The fourth-order valence-electron chi connectivity index (χ4n) is 13.8. The van der Waals surface area contributed by atoms with Gasteiger partial charge in [-0.3, -0.25) is 0 Å². The average Bonchev–Trinajstić information content (AvgIpc) is 4.46. The first-order chi connectivity index (χ1) is 39.7. The molecular weight excluding hydrogens is 977 g/mol. The highest BCUT2D eigenvalue weighted by Gasteiger charge is 2.55. The highest BCUT2D eigenvalue weighted by molar-refractivity contribution is 6.24. The van der Waals surface area contributed by atoms with E-state index in [2.05, 4.69) is 280 Å². The van der Waals surface area contributed by atoms with Crippen LogP contribution in [0.1, 0.15) is 29.7 Å². The van der Waals surface area contributed by atoms with Gasteiger partial charge in [0, 0.05) is 66.8 Å². The highest BCUT2D eigenvalue weighted by atomic mass is 16.3. The van der Waals surface area contributed by atoms with E-state index in [0.717, 1.165) is 119 Å². The molecule has 1 atom stereocenters. The second kappa shape index (κ2) is 17.3. The average molecular weight is 1030 g/mol. The van der Waals surface area contributed by atoms with Crippen molar-refractivity contribution in [2.75, 3.05) is 9.80 Å². The third kappa shape index (κ3) is 6.26. The van der Waals surface area contributed by atoms with Gasteiger partial charge in [-0.15, -0.1) is 0 Å². The Morgan fingerprint density at radius 3 is 1.81 bits per heavy atom. The maximum atomic E-state index is 6.81. The largest absolute Gasteiger partial charge is 0.456 e. The van der Waals surface area contributed by atoms with Crippen LogP contribution in [0.25, 0.3) is 105 Å². The Morgan fingerprint density at radius 1 is 0.438 bits per heavy atom. The Labute approximate surface area is 461 Å². The fourth-order valence-corrected chi connectivity index (χ4v) is 13.8. The van der Waals surface area contributed by atoms with E-state index >= 15 is 0 Å². The van der Waals surface area contributed by atoms with Crippen LogP contribution in [0.15, 0.2) is 263 Å². The minimum Gasteiger partial charge on any atom is -0.456 e. The first-order valence-corrected chi connectivity index (χ1v) is 27.6. The Kier molecular flexibility index (Phi) is 9.63. The van der Waals surface area contributed by atoms with Gasteiger partial charge in [0.05, 0.1) is 50.2 Å². The maximum Gasteiger partial charge on any atom is 0.174 e. The van der Waals surface area contributed by atoms with Gasteiger partial charge in [-0.25, -0.2) is 0 Å². The second-order valence-electron chi connectivity index (χ2n) is 21.2. The Balaban J connectivity index is 1.03. The fraction of sp³-hybridized carbons (Fsp3) is 0.0541. The quantitative estimate of drug-likeness (QED) is 0.149. The number of allylic oxidation sites excluding steroid dienone is 3. The van der Waals surface area contributed by atoms with Gasteiger partial charge in [-0.2, -0.15) is 0 Å². The van der Waals surface area contributed by atoms with E-state index in [1.54, 1.807) is 0 Å². The number of aryl methyl sites for hydroxylation is 1. The van der Waals surface area contributed by atoms with Crippen LogP contribution in [-0.4, -0.2) is 9.13 Å². The van der Waals surface area contributed by atoms with Crippen molar-refractivity contribution in [2.45, 2.75) is 24.9 Å². The molecule has 14 aromatic rings. The van der Waals surface area contributed by atoms with Crippen LogP contribution in [0.4, 0.5) is 22.7 Å². The van der Waals surface area contributed by atoms with Crippen molar-refractivity contribution >= 4 is 105 Å². The van der Waals surface area contributed by atoms with Crippen LogP contribution in [0.5, 0.6) is 0 Å². The van der Waals surface area contributed by atoms with Crippen LogP contribution in [-0.2, 0) is 12.1 Å². The van der Waals surface area contributed by atoms with Gasteiger partial charge >= 0.3 is 0 Å². The number of fused-ring (bicyclic) bond motifs is 14. The maximum absolute atomic E-state index is 6.81. The lowest BCUT2D eigenvalue weighted by Crippen LogP contribution is -2.52. The van der Waals surface area contributed by atoms with Crippen molar-refractivity contribution in [1.82, 2.24) is 9.13 Å². The first-order valence-electron chi connectivity index (χ1n) is 27.6. The molecule has 0 spiro atoms. The number of hydrogen-bond donors (Lipinski definition) is 0. The standard InChI is InChI=1S/C74H48N4O2/c1-2-8-26-50(25-7-1)74(51-27-9-4-10-28-51)77(63-36-20-40-68-70(63)58-32-13-17-38-66(58)79-68)62-45-42-53(47-65(62)78(74)64-37-21-41-69-71(64)59-33-14-18-39-67(59)80-69)76-61-35-16-12-31-55(61)57-44-43-56-54-30-11-15-34-60(54)75(72(56)73(57)76)52-29-19-24-49(46-52)48-22-5-3-6-23-48/h3-7,9-12,14-31,33-47H,8,13,32H2. The molecule has 5 heterocycles. The van der Waals surface area contributed by atoms with E-state index in [1.807, 2.05) is 6.08 Å². The number of rotatable bonds is 7. The molecule has 2 aliphatic carbocycles. The van der Waals surface area contributed by atoms with Gasteiger partial charge in [-0.1, -0.05) is 176 Å². The number of aromatic nitrogens is 2. The predicted molar refractivity (Wildman–Crippen MR) is 330 cm³/mol. The molecule has 3 aliphatic rings. The van der Waals surface area contributed by atoms with Crippen molar-refractivity contribution in [3.8, 4) is 34.3 Å². The third-order valence-electron chi connectivity index (χ3n) is 17.0. The van der Waals surface area contributed by atoms with Crippen molar-refractivity contribution in [1.29, 1.82) is 0 Å². The van der Waals surface area contributed by atoms with E-state index in [9.17, 15) is 0 Å². The van der Waals surface area contributed by atoms with Crippen molar-refractivity contribution in [3.63, 3.8) is 0 Å². The van der Waals surface area contributed by atoms with Crippen LogP contribution in [0.2, 0.25) is 0 Å². The zero-order chi connectivity index (χ0) is 52.5. The molecule has 1 unspecified atom stereocenters. The minimum absolute atomic E-state index is 0.578. The summed E-state index contributed by atoms with van der Waals surface area (Å²) in [7, 11) is 0. The molecule has 17 rings (SSSR count). The number of nitrogens with zero attached hydrogens (tertiary/aromatic N) is 4. The molecule has 0 N–H and O–H groups in total. The summed E-state index contributed by atoms with van der Waals surface area (Å²) in [5.41, 5.74) is 18.1. The summed E-state index contributed by atoms with van der Waals surface area (Å²) in [6, 6.07) is 82.0. The highest BCUT2D eigenvalue weighted by Crippen LogP contribution is 2.63. The Bertz CT molecular complexity index is 5070. The molecule has 0 radical (unpaired) electrons. The van der Waals surface area contributed by atoms with Gasteiger partial charge in [0.1, 0.15) is 22.5 Å².